The van der Waals surface area contributed by atoms with Crippen LogP contribution in [0.15, 0.2) is 4.99 Å². The molecule has 1 saturated carbocycles. The van der Waals surface area contributed by atoms with Gasteiger partial charge in [0.25, 0.3) is 0 Å². The molecule has 0 aromatic rings. The second-order valence-corrected chi connectivity index (χ2v) is 6.49. The summed E-state index contributed by atoms with van der Waals surface area (Å²) in [6, 6.07) is 0.563. The Morgan fingerprint density at radius 3 is 2.53 bits per heavy atom. The summed E-state index contributed by atoms with van der Waals surface area (Å²) in [5.41, 5.74) is 0.366. The Morgan fingerprint density at radius 1 is 1.37 bits per heavy atom. The molecule has 1 heterocycles. The maximum atomic E-state index is 5.77. The third kappa shape index (κ3) is 4.77. The van der Waals surface area contributed by atoms with Crippen molar-refractivity contribution in [1.82, 2.24) is 10.6 Å². The molecule has 2 unspecified atom stereocenters. The highest BCUT2D eigenvalue weighted by Gasteiger charge is 2.46. The molecule has 0 spiro atoms. The molecule has 1 aliphatic heterocycles. The summed E-state index contributed by atoms with van der Waals surface area (Å²) in [5.74, 6) is 0.935. The van der Waals surface area contributed by atoms with E-state index in [1.807, 2.05) is 0 Å². The number of aliphatic imine (C=N–C) groups is 1. The first-order chi connectivity index (χ1) is 8.45. The van der Waals surface area contributed by atoms with Gasteiger partial charge in [-0.05, 0) is 38.5 Å². The topological polar surface area (TPSA) is 45.7 Å². The highest BCUT2D eigenvalue weighted by molar-refractivity contribution is 14.0. The van der Waals surface area contributed by atoms with Crippen molar-refractivity contribution in [1.29, 1.82) is 0 Å². The average Bonchev–Trinajstić information content (AvgIpc) is 2.72. The minimum atomic E-state index is -0.0541. The molecule has 2 fully saturated rings. The minimum Gasteiger partial charge on any atom is -0.373 e. The molecule has 2 rings (SSSR count). The number of ether oxygens (including phenoxy) is 1. The van der Waals surface area contributed by atoms with Gasteiger partial charge in [-0.25, -0.2) is 0 Å². The highest BCUT2D eigenvalue weighted by Crippen LogP contribution is 2.44. The Labute approximate surface area is 134 Å². The number of hydrogen-bond acceptors (Lipinski definition) is 2. The number of nitrogens with one attached hydrogen (secondary N) is 2. The predicted octanol–water partition coefficient (Wildman–Crippen LogP) is 2.53. The lowest BCUT2D eigenvalue weighted by atomic mass is 10.0. The van der Waals surface area contributed by atoms with Crippen LogP contribution in [0.2, 0.25) is 0 Å². The van der Waals surface area contributed by atoms with E-state index in [-0.39, 0.29) is 29.6 Å². The molecular formula is C14H28IN3O. The number of rotatable bonds is 4. The second kappa shape index (κ2) is 6.61. The molecule has 2 atom stereocenters. The van der Waals surface area contributed by atoms with E-state index in [9.17, 15) is 0 Å². The molecule has 4 nitrogen and oxygen atoms in total. The molecule has 19 heavy (non-hydrogen) atoms. The highest BCUT2D eigenvalue weighted by atomic mass is 127. The van der Waals surface area contributed by atoms with Crippen LogP contribution in [0.5, 0.6) is 0 Å². The SMILES string of the molecule is CCNC(=NCC1(C)CCCO1)NC1CC1(C)C.I. The molecule has 5 heteroatoms. The molecule has 2 N–H and O–H groups in total. The Hall–Kier alpha value is -0.0400. The van der Waals surface area contributed by atoms with Gasteiger partial charge in [-0.2, -0.15) is 0 Å². The molecular weight excluding hydrogens is 353 g/mol. The number of halogens is 1. The first kappa shape index (κ1) is 17.0. The third-order valence-corrected chi connectivity index (χ3v) is 4.04. The van der Waals surface area contributed by atoms with Crippen LogP contribution in [-0.2, 0) is 4.74 Å². The van der Waals surface area contributed by atoms with Crippen LogP contribution in [0.1, 0.15) is 47.0 Å². The van der Waals surface area contributed by atoms with Gasteiger partial charge < -0.3 is 15.4 Å². The van der Waals surface area contributed by atoms with Gasteiger partial charge in [0, 0.05) is 19.2 Å². The molecule has 112 valence electrons. The summed E-state index contributed by atoms with van der Waals surface area (Å²) in [4.78, 5) is 4.68. The van der Waals surface area contributed by atoms with Crippen LogP contribution in [0, 0.1) is 5.41 Å². The number of nitrogens with zero attached hydrogens (tertiary/aromatic N) is 1. The minimum absolute atomic E-state index is 0. The monoisotopic (exact) mass is 381 g/mol. The van der Waals surface area contributed by atoms with Gasteiger partial charge in [-0.3, -0.25) is 4.99 Å². The Morgan fingerprint density at radius 2 is 2.05 bits per heavy atom. The van der Waals surface area contributed by atoms with Crippen LogP contribution in [0.4, 0.5) is 0 Å². The lowest BCUT2D eigenvalue weighted by molar-refractivity contribution is 0.0283. The maximum Gasteiger partial charge on any atom is 0.191 e. The van der Waals surface area contributed by atoms with Gasteiger partial charge >= 0.3 is 0 Å². The van der Waals surface area contributed by atoms with Crippen molar-refractivity contribution in [2.75, 3.05) is 19.7 Å². The van der Waals surface area contributed by atoms with Gasteiger partial charge in [-0.1, -0.05) is 13.8 Å². The van der Waals surface area contributed by atoms with Crippen molar-refractivity contribution in [2.24, 2.45) is 10.4 Å². The predicted molar refractivity (Wildman–Crippen MR) is 90.3 cm³/mol. The van der Waals surface area contributed by atoms with Crippen molar-refractivity contribution in [3.05, 3.63) is 0 Å². The van der Waals surface area contributed by atoms with E-state index in [2.05, 4.69) is 43.3 Å². The van der Waals surface area contributed by atoms with Gasteiger partial charge in [0.1, 0.15) is 0 Å². The van der Waals surface area contributed by atoms with Crippen LogP contribution in [0.25, 0.3) is 0 Å². The van der Waals surface area contributed by atoms with E-state index in [4.69, 9.17) is 4.74 Å². The molecule has 0 bridgehead atoms. The summed E-state index contributed by atoms with van der Waals surface area (Å²) in [5, 5.41) is 6.82. The summed E-state index contributed by atoms with van der Waals surface area (Å²) < 4.78 is 5.77. The van der Waals surface area contributed by atoms with Crippen LogP contribution >= 0.6 is 24.0 Å². The molecule has 1 aliphatic carbocycles. The van der Waals surface area contributed by atoms with Crippen LogP contribution < -0.4 is 10.6 Å². The fourth-order valence-corrected chi connectivity index (χ4v) is 2.41. The lowest BCUT2D eigenvalue weighted by Gasteiger charge is -2.21. The zero-order valence-electron chi connectivity index (χ0n) is 12.6. The quantitative estimate of drug-likeness (QED) is 0.447. The molecule has 0 amide bonds. The summed E-state index contributed by atoms with van der Waals surface area (Å²) >= 11 is 0. The molecule has 0 aromatic heterocycles. The van der Waals surface area contributed by atoms with Crippen molar-refractivity contribution >= 4 is 29.9 Å². The van der Waals surface area contributed by atoms with Crippen molar-refractivity contribution < 1.29 is 4.74 Å². The van der Waals surface area contributed by atoms with Gasteiger partial charge in [0.2, 0.25) is 0 Å². The average molecular weight is 381 g/mol. The van der Waals surface area contributed by atoms with Crippen LogP contribution in [0.3, 0.4) is 0 Å². The first-order valence-corrected chi connectivity index (χ1v) is 7.14. The van der Waals surface area contributed by atoms with E-state index in [1.165, 1.54) is 6.42 Å². The van der Waals surface area contributed by atoms with Gasteiger partial charge in [0.05, 0.1) is 12.1 Å². The standard InChI is InChI=1S/C14H27N3O.HI/c1-5-15-12(17-11-9-13(11,2)3)16-10-14(4)7-6-8-18-14;/h11H,5-10H2,1-4H3,(H2,15,16,17);1H. The number of guanidine groups is 1. The molecule has 0 aromatic carbocycles. The molecule has 2 aliphatic rings. The summed E-state index contributed by atoms with van der Waals surface area (Å²) in [6.45, 7) is 11.4. The Balaban J connectivity index is 0.00000180. The fourth-order valence-electron chi connectivity index (χ4n) is 2.41. The number of hydrogen-bond donors (Lipinski definition) is 2. The van der Waals surface area contributed by atoms with Crippen LogP contribution in [-0.4, -0.2) is 37.3 Å². The lowest BCUT2D eigenvalue weighted by Crippen LogP contribution is -2.41. The summed E-state index contributed by atoms with van der Waals surface area (Å²) in [6.07, 6.45) is 3.50. The van der Waals surface area contributed by atoms with Gasteiger partial charge in [-0.15, -0.1) is 24.0 Å². The molecule has 1 saturated heterocycles. The van der Waals surface area contributed by atoms with Crippen molar-refractivity contribution in [3.63, 3.8) is 0 Å². The van der Waals surface area contributed by atoms with E-state index in [0.29, 0.717) is 11.5 Å². The fraction of sp³-hybridized carbons (Fsp3) is 0.929. The van der Waals surface area contributed by atoms with Crippen molar-refractivity contribution in [2.45, 2.75) is 58.6 Å². The Bertz CT molecular complexity index is 325. The van der Waals surface area contributed by atoms with E-state index in [0.717, 1.165) is 38.5 Å². The summed E-state index contributed by atoms with van der Waals surface area (Å²) in [7, 11) is 0. The maximum absolute atomic E-state index is 5.77. The first-order valence-electron chi connectivity index (χ1n) is 7.14. The van der Waals surface area contributed by atoms with E-state index >= 15 is 0 Å². The zero-order valence-corrected chi connectivity index (χ0v) is 14.9. The normalized spacial score (nSPS) is 32.6. The zero-order chi connectivity index (χ0) is 13.2. The van der Waals surface area contributed by atoms with E-state index < -0.39 is 0 Å². The smallest absolute Gasteiger partial charge is 0.191 e. The third-order valence-electron chi connectivity index (χ3n) is 4.04. The van der Waals surface area contributed by atoms with Crippen molar-refractivity contribution in [3.8, 4) is 0 Å². The van der Waals surface area contributed by atoms with E-state index in [1.54, 1.807) is 0 Å². The Kier molecular flexibility index (Phi) is 5.92. The van der Waals surface area contributed by atoms with Gasteiger partial charge in [0.15, 0.2) is 5.96 Å². The second-order valence-electron chi connectivity index (χ2n) is 6.49. The largest absolute Gasteiger partial charge is 0.373 e. The molecule has 0 radical (unpaired) electrons.